The van der Waals surface area contributed by atoms with Gasteiger partial charge >= 0.3 is 0 Å². The zero-order valence-electron chi connectivity index (χ0n) is 20.0. The first-order valence-electron chi connectivity index (χ1n) is 11.5. The van der Waals surface area contributed by atoms with Crippen LogP contribution in [0.15, 0.2) is 66.7 Å². The van der Waals surface area contributed by atoms with E-state index >= 15 is 0 Å². The second-order valence-electron chi connectivity index (χ2n) is 8.59. The van der Waals surface area contributed by atoms with E-state index in [4.69, 9.17) is 9.47 Å². The lowest BCUT2D eigenvalue weighted by atomic mass is 10.1. The van der Waals surface area contributed by atoms with Gasteiger partial charge in [0.2, 0.25) is 0 Å². The van der Waals surface area contributed by atoms with Crippen molar-refractivity contribution in [3.05, 3.63) is 94.5 Å². The van der Waals surface area contributed by atoms with E-state index < -0.39 is 0 Å². The topological polar surface area (TPSA) is 84.9 Å². The number of nitrogens with zero attached hydrogens (tertiary/aromatic N) is 1. The van der Waals surface area contributed by atoms with Crippen LogP contribution in [0.3, 0.4) is 0 Å². The number of imide groups is 1. The van der Waals surface area contributed by atoms with Gasteiger partial charge in [0.25, 0.3) is 17.7 Å². The van der Waals surface area contributed by atoms with Gasteiger partial charge < -0.3 is 14.8 Å². The average molecular weight is 473 g/mol. The molecule has 0 fully saturated rings. The van der Waals surface area contributed by atoms with Crippen LogP contribution in [0, 0.1) is 0 Å². The molecule has 0 saturated heterocycles. The predicted octanol–water partition coefficient (Wildman–Crippen LogP) is 4.25. The highest BCUT2D eigenvalue weighted by Gasteiger charge is 2.35. The number of carbonyl (C=O) groups is 3. The number of carbonyl (C=O) groups excluding carboxylic acids is 3. The number of nitrogens with one attached hydrogen (secondary N) is 1. The van der Waals surface area contributed by atoms with Crippen LogP contribution >= 0.6 is 0 Å². The Hall–Kier alpha value is -4.13. The first-order valence-corrected chi connectivity index (χ1v) is 11.5. The number of amides is 3. The molecule has 7 heteroatoms. The maximum atomic E-state index is 12.9. The monoisotopic (exact) mass is 472 g/mol. The first kappa shape index (κ1) is 24.0. The van der Waals surface area contributed by atoms with Gasteiger partial charge in [-0.25, -0.2) is 0 Å². The summed E-state index contributed by atoms with van der Waals surface area (Å²) in [6.45, 7) is 4.47. The summed E-state index contributed by atoms with van der Waals surface area (Å²) in [5.74, 6) is 0.275. The molecule has 1 N–H and O–H groups in total. The highest BCUT2D eigenvalue weighted by atomic mass is 16.5. The minimum atomic E-state index is -0.336. The summed E-state index contributed by atoms with van der Waals surface area (Å²) in [6, 6.07) is 19.6. The van der Waals surface area contributed by atoms with Crippen LogP contribution in [0.4, 0.5) is 0 Å². The molecule has 180 valence electrons. The molecule has 0 radical (unpaired) electrons. The number of fused-ring (bicyclic) bond motifs is 1. The fourth-order valence-electron chi connectivity index (χ4n) is 4.02. The summed E-state index contributed by atoms with van der Waals surface area (Å²) in [4.78, 5) is 39.5. The van der Waals surface area contributed by atoms with Crippen LogP contribution in [0.25, 0.3) is 0 Å². The van der Waals surface area contributed by atoms with Crippen LogP contribution in [0.2, 0.25) is 0 Å². The summed E-state index contributed by atoms with van der Waals surface area (Å²) in [5, 5.41) is 2.92. The Balaban J connectivity index is 1.41. The van der Waals surface area contributed by atoms with Crippen LogP contribution in [0.1, 0.15) is 56.0 Å². The van der Waals surface area contributed by atoms with Gasteiger partial charge in [0.15, 0.2) is 0 Å². The third-order valence-electron chi connectivity index (χ3n) is 5.72. The lowest BCUT2D eigenvalue weighted by molar-refractivity contribution is 0.0642. The number of ether oxygens (including phenoxy) is 2. The lowest BCUT2D eigenvalue weighted by Gasteiger charge is -2.16. The van der Waals surface area contributed by atoms with E-state index in [0.29, 0.717) is 41.0 Å². The second kappa shape index (κ2) is 10.4. The van der Waals surface area contributed by atoms with Crippen molar-refractivity contribution in [2.24, 2.45) is 0 Å². The maximum absolute atomic E-state index is 12.9. The molecule has 35 heavy (non-hydrogen) atoms. The molecule has 0 aromatic heterocycles. The van der Waals surface area contributed by atoms with E-state index in [0.717, 1.165) is 11.3 Å². The predicted molar refractivity (Wildman–Crippen MR) is 132 cm³/mol. The van der Waals surface area contributed by atoms with Gasteiger partial charge in [0, 0.05) is 6.54 Å². The van der Waals surface area contributed by atoms with Gasteiger partial charge in [-0.05, 0) is 67.8 Å². The molecule has 1 aliphatic heterocycles. The number of benzene rings is 3. The zero-order chi connectivity index (χ0) is 24.9. The zero-order valence-corrected chi connectivity index (χ0v) is 20.0. The number of rotatable bonds is 9. The van der Waals surface area contributed by atoms with Crippen molar-refractivity contribution in [2.75, 3.05) is 13.7 Å². The molecule has 1 heterocycles. The number of hydrogen-bond donors (Lipinski definition) is 1. The first-order chi connectivity index (χ1) is 16.9. The lowest BCUT2D eigenvalue weighted by Crippen LogP contribution is -2.29. The van der Waals surface area contributed by atoms with Crippen molar-refractivity contribution in [1.29, 1.82) is 0 Å². The van der Waals surface area contributed by atoms with Crippen molar-refractivity contribution < 1.29 is 23.9 Å². The van der Waals surface area contributed by atoms with E-state index in [1.54, 1.807) is 42.5 Å². The fraction of sp³-hybridized carbons (Fsp3) is 0.250. The molecule has 0 atom stereocenters. The highest BCUT2D eigenvalue weighted by molar-refractivity contribution is 6.21. The van der Waals surface area contributed by atoms with E-state index in [-0.39, 0.29) is 30.4 Å². The van der Waals surface area contributed by atoms with Gasteiger partial charge in [0.1, 0.15) is 11.5 Å². The molecule has 4 rings (SSSR count). The third kappa shape index (κ3) is 5.35. The summed E-state index contributed by atoms with van der Waals surface area (Å²) < 4.78 is 11.0. The van der Waals surface area contributed by atoms with Crippen molar-refractivity contribution >= 4 is 17.7 Å². The largest absolute Gasteiger partial charge is 0.496 e. The fourth-order valence-corrected chi connectivity index (χ4v) is 4.02. The molecule has 7 nitrogen and oxygen atoms in total. The molecule has 0 spiro atoms. The highest BCUT2D eigenvalue weighted by Crippen LogP contribution is 2.26. The van der Waals surface area contributed by atoms with Gasteiger partial charge in [-0.1, -0.05) is 30.3 Å². The van der Waals surface area contributed by atoms with E-state index in [9.17, 15) is 14.4 Å². The Morgan fingerprint density at radius 1 is 0.914 bits per heavy atom. The number of hydrogen-bond acceptors (Lipinski definition) is 5. The Bertz CT molecular complexity index is 1220. The molecule has 0 saturated carbocycles. The van der Waals surface area contributed by atoms with Crippen LogP contribution in [-0.2, 0) is 13.0 Å². The molecule has 0 aliphatic carbocycles. The SMILES string of the molecule is COc1ccc(CN2C(=O)c3ccccc3C2=O)cc1C(=O)NCCc1ccc(OC(C)C)cc1. The standard InChI is InChI=1S/C28H28N2O5/c1-18(2)35-21-11-8-19(9-12-21)14-15-29-26(31)24-16-20(10-13-25(24)34-3)17-30-27(32)22-6-4-5-7-23(22)28(30)33/h4-13,16,18H,14-15,17H2,1-3H3,(H,29,31). The molecule has 3 aromatic carbocycles. The maximum Gasteiger partial charge on any atom is 0.261 e. The van der Waals surface area contributed by atoms with Gasteiger partial charge in [0.05, 0.1) is 36.4 Å². The van der Waals surface area contributed by atoms with Crippen LogP contribution < -0.4 is 14.8 Å². The molecule has 3 aromatic rings. The second-order valence-corrected chi connectivity index (χ2v) is 8.59. The van der Waals surface area contributed by atoms with Crippen molar-refractivity contribution in [3.63, 3.8) is 0 Å². The Labute approximate surface area is 204 Å². The van der Waals surface area contributed by atoms with E-state index in [1.807, 2.05) is 38.1 Å². The van der Waals surface area contributed by atoms with Crippen molar-refractivity contribution in [2.45, 2.75) is 32.9 Å². The Kier molecular flexibility index (Phi) is 7.15. The van der Waals surface area contributed by atoms with E-state index in [2.05, 4.69) is 5.32 Å². The normalized spacial score (nSPS) is 12.6. The Morgan fingerprint density at radius 2 is 1.54 bits per heavy atom. The summed E-state index contributed by atoms with van der Waals surface area (Å²) in [7, 11) is 1.50. The van der Waals surface area contributed by atoms with Crippen LogP contribution in [-0.4, -0.2) is 42.4 Å². The summed E-state index contributed by atoms with van der Waals surface area (Å²) >= 11 is 0. The van der Waals surface area contributed by atoms with Gasteiger partial charge in [-0.2, -0.15) is 0 Å². The number of methoxy groups -OCH3 is 1. The molecular formula is C28H28N2O5. The van der Waals surface area contributed by atoms with Crippen molar-refractivity contribution in [1.82, 2.24) is 10.2 Å². The molecule has 3 amide bonds. The third-order valence-corrected chi connectivity index (χ3v) is 5.72. The van der Waals surface area contributed by atoms with Crippen molar-refractivity contribution in [3.8, 4) is 11.5 Å². The van der Waals surface area contributed by atoms with Gasteiger partial charge in [-0.3, -0.25) is 19.3 Å². The minimum Gasteiger partial charge on any atom is -0.496 e. The average Bonchev–Trinajstić information content (AvgIpc) is 3.09. The summed E-state index contributed by atoms with van der Waals surface area (Å²) in [6.07, 6.45) is 0.771. The van der Waals surface area contributed by atoms with Crippen LogP contribution in [0.5, 0.6) is 11.5 Å². The molecule has 0 bridgehead atoms. The molecular weight excluding hydrogens is 444 g/mol. The van der Waals surface area contributed by atoms with Gasteiger partial charge in [-0.15, -0.1) is 0 Å². The smallest absolute Gasteiger partial charge is 0.261 e. The Morgan fingerprint density at radius 3 is 2.14 bits per heavy atom. The molecule has 1 aliphatic rings. The minimum absolute atomic E-state index is 0.0709. The summed E-state index contributed by atoms with van der Waals surface area (Å²) in [5.41, 5.74) is 2.88. The quantitative estimate of drug-likeness (QED) is 0.471. The van der Waals surface area contributed by atoms with E-state index in [1.165, 1.54) is 12.0 Å². The molecule has 0 unspecified atom stereocenters.